The van der Waals surface area contributed by atoms with Crippen LogP contribution in [0.15, 0.2) is 121 Å². The zero-order valence-corrected chi connectivity index (χ0v) is 16.0. The molecular formula is C28H21N. The average molecular weight is 371 g/mol. The maximum absolute atomic E-state index is 3.69. The molecule has 5 rings (SSSR count). The second kappa shape index (κ2) is 7.65. The van der Waals surface area contributed by atoms with Crippen molar-refractivity contribution in [1.82, 2.24) is 0 Å². The fourth-order valence-corrected chi connectivity index (χ4v) is 3.81. The van der Waals surface area contributed by atoms with Crippen LogP contribution in [-0.2, 0) is 0 Å². The van der Waals surface area contributed by atoms with Crippen LogP contribution < -0.4 is 5.32 Å². The fraction of sp³-hybridized carbons (Fsp3) is 0. The molecule has 0 unspecified atom stereocenters. The van der Waals surface area contributed by atoms with Crippen molar-refractivity contribution in [3.63, 3.8) is 0 Å². The summed E-state index contributed by atoms with van der Waals surface area (Å²) in [6.07, 6.45) is 0. The van der Waals surface area contributed by atoms with E-state index in [-0.39, 0.29) is 0 Å². The highest BCUT2D eigenvalue weighted by atomic mass is 14.9. The fourth-order valence-electron chi connectivity index (χ4n) is 3.81. The highest BCUT2D eigenvalue weighted by Gasteiger charge is 2.09. The van der Waals surface area contributed by atoms with Gasteiger partial charge in [-0.15, -0.1) is 0 Å². The third kappa shape index (κ3) is 3.51. The second-order valence-corrected chi connectivity index (χ2v) is 7.14. The molecule has 0 saturated carbocycles. The Morgan fingerprint density at radius 1 is 0.379 bits per heavy atom. The minimum absolute atomic E-state index is 1.10. The van der Waals surface area contributed by atoms with Crippen LogP contribution in [0.3, 0.4) is 0 Å². The molecule has 0 aliphatic carbocycles. The van der Waals surface area contributed by atoms with Gasteiger partial charge in [0.2, 0.25) is 0 Å². The summed E-state index contributed by atoms with van der Waals surface area (Å²) in [4.78, 5) is 0. The Morgan fingerprint density at radius 3 is 1.66 bits per heavy atom. The van der Waals surface area contributed by atoms with Crippen LogP contribution in [0.25, 0.3) is 33.0 Å². The first kappa shape index (κ1) is 17.3. The summed E-state index contributed by atoms with van der Waals surface area (Å²) in [6.45, 7) is 0. The maximum atomic E-state index is 3.69. The number of nitrogens with one attached hydrogen (secondary N) is 1. The first-order valence-corrected chi connectivity index (χ1v) is 9.88. The molecular weight excluding hydrogens is 350 g/mol. The molecule has 5 aromatic carbocycles. The molecule has 0 spiro atoms. The molecule has 0 bridgehead atoms. The smallest absolute Gasteiger partial charge is 0.0464 e. The second-order valence-electron chi connectivity index (χ2n) is 7.14. The van der Waals surface area contributed by atoms with Crippen LogP contribution in [0.1, 0.15) is 0 Å². The Morgan fingerprint density at radius 2 is 0.931 bits per heavy atom. The molecule has 138 valence electrons. The van der Waals surface area contributed by atoms with Crippen LogP contribution in [0.5, 0.6) is 0 Å². The van der Waals surface area contributed by atoms with E-state index in [0.29, 0.717) is 0 Å². The molecule has 0 fully saturated rings. The Kier molecular flexibility index (Phi) is 4.56. The molecule has 0 atom stereocenters. The topological polar surface area (TPSA) is 12.0 Å². The zero-order valence-electron chi connectivity index (χ0n) is 16.0. The van der Waals surface area contributed by atoms with E-state index >= 15 is 0 Å². The summed E-state index contributed by atoms with van der Waals surface area (Å²) in [5.41, 5.74) is 7.02. The molecule has 0 aromatic heterocycles. The van der Waals surface area contributed by atoms with Gasteiger partial charge in [-0.3, -0.25) is 0 Å². The summed E-state index contributed by atoms with van der Waals surface area (Å²) < 4.78 is 0. The van der Waals surface area contributed by atoms with Gasteiger partial charge < -0.3 is 5.32 Å². The van der Waals surface area contributed by atoms with Crippen LogP contribution in [-0.4, -0.2) is 0 Å². The maximum Gasteiger partial charge on any atom is 0.0464 e. The predicted octanol–water partition coefficient (Wildman–Crippen LogP) is 7.92. The Labute approximate surface area is 171 Å². The SMILES string of the molecule is c1ccc(-c2ccccc2Nc2ccccc2-c2ccc3ccccc3c2)cc1. The summed E-state index contributed by atoms with van der Waals surface area (Å²) in [5, 5.41) is 6.20. The summed E-state index contributed by atoms with van der Waals surface area (Å²) in [5.74, 6) is 0. The van der Waals surface area contributed by atoms with Crippen molar-refractivity contribution in [2.24, 2.45) is 0 Å². The third-order valence-corrected chi connectivity index (χ3v) is 5.27. The number of hydrogen-bond acceptors (Lipinski definition) is 1. The van der Waals surface area contributed by atoms with Crippen LogP contribution in [0.2, 0.25) is 0 Å². The Bertz CT molecular complexity index is 1270. The first-order valence-electron chi connectivity index (χ1n) is 9.88. The lowest BCUT2D eigenvalue weighted by atomic mass is 9.99. The lowest BCUT2D eigenvalue weighted by Crippen LogP contribution is -1.95. The van der Waals surface area contributed by atoms with E-state index in [2.05, 4.69) is 127 Å². The largest absolute Gasteiger partial charge is 0.355 e. The highest BCUT2D eigenvalue weighted by molar-refractivity contribution is 5.91. The van der Waals surface area contributed by atoms with Gasteiger partial charge in [0.15, 0.2) is 0 Å². The molecule has 1 heteroatoms. The van der Waals surface area contributed by atoms with Crippen molar-refractivity contribution < 1.29 is 0 Å². The minimum Gasteiger partial charge on any atom is -0.355 e. The standard InChI is InChI=1S/C28H21N/c1-2-11-22(12-3-1)25-14-6-8-16-27(25)29-28-17-9-7-15-26(28)24-19-18-21-10-4-5-13-23(21)20-24/h1-20,29H. The van der Waals surface area contributed by atoms with Crippen molar-refractivity contribution in [3.8, 4) is 22.3 Å². The number of benzene rings is 5. The first-order chi connectivity index (χ1) is 14.4. The van der Waals surface area contributed by atoms with E-state index < -0.39 is 0 Å². The van der Waals surface area contributed by atoms with E-state index in [1.165, 1.54) is 33.0 Å². The van der Waals surface area contributed by atoms with Crippen LogP contribution in [0, 0.1) is 0 Å². The van der Waals surface area contributed by atoms with Gasteiger partial charge in [0.05, 0.1) is 0 Å². The van der Waals surface area contributed by atoms with Gasteiger partial charge in [0, 0.05) is 22.5 Å². The Balaban J connectivity index is 1.57. The number of hydrogen-bond donors (Lipinski definition) is 1. The molecule has 1 N–H and O–H groups in total. The lowest BCUT2D eigenvalue weighted by Gasteiger charge is -2.16. The molecule has 0 aliphatic rings. The Hall–Kier alpha value is -3.84. The van der Waals surface area contributed by atoms with Crippen molar-refractivity contribution in [2.75, 3.05) is 5.32 Å². The van der Waals surface area contributed by atoms with E-state index in [9.17, 15) is 0 Å². The molecule has 0 radical (unpaired) electrons. The van der Waals surface area contributed by atoms with E-state index in [4.69, 9.17) is 0 Å². The number of anilines is 2. The van der Waals surface area contributed by atoms with Crippen molar-refractivity contribution in [3.05, 3.63) is 121 Å². The molecule has 0 saturated heterocycles. The third-order valence-electron chi connectivity index (χ3n) is 5.27. The zero-order chi connectivity index (χ0) is 19.5. The van der Waals surface area contributed by atoms with Gasteiger partial charge in [-0.1, -0.05) is 103 Å². The average Bonchev–Trinajstić information content (AvgIpc) is 2.80. The van der Waals surface area contributed by atoms with Gasteiger partial charge >= 0.3 is 0 Å². The van der Waals surface area contributed by atoms with E-state index in [1.807, 2.05) is 0 Å². The van der Waals surface area contributed by atoms with Crippen molar-refractivity contribution in [2.45, 2.75) is 0 Å². The molecule has 0 heterocycles. The summed E-state index contributed by atoms with van der Waals surface area (Å²) in [7, 11) is 0. The highest BCUT2D eigenvalue weighted by Crippen LogP contribution is 2.35. The van der Waals surface area contributed by atoms with Crippen LogP contribution >= 0.6 is 0 Å². The monoisotopic (exact) mass is 371 g/mol. The molecule has 1 nitrogen and oxygen atoms in total. The van der Waals surface area contributed by atoms with Gasteiger partial charge in [-0.25, -0.2) is 0 Å². The number of fused-ring (bicyclic) bond motifs is 1. The van der Waals surface area contributed by atoms with Gasteiger partial charge in [-0.2, -0.15) is 0 Å². The quantitative estimate of drug-likeness (QED) is 0.338. The molecule has 29 heavy (non-hydrogen) atoms. The van der Waals surface area contributed by atoms with E-state index in [1.54, 1.807) is 0 Å². The van der Waals surface area contributed by atoms with Gasteiger partial charge in [0.1, 0.15) is 0 Å². The summed E-state index contributed by atoms with van der Waals surface area (Å²) >= 11 is 0. The summed E-state index contributed by atoms with van der Waals surface area (Å²) in [6, 6.07) is 42.6. The number of rotatable bonds is 4. The molecule has 0 amide bonds. The van der Waals surface area contributed by atoms with E-state index in [0.717, 1.165) is 11.4 Å². The lowest BCUT2D eigenvalue weighted by molar-refractivity contribution is 1.52. The molecule has 0 aliphatic heterocycles. The predicted molar refractivity (Wildman–Crippen MR) is 125 cm³/mol. The normalized spacial score (nSPS) is 10.8. The van der Waals surface area contributed by atoms with Crippen molar-refractivity contribution >= 4 is 22.1 Å². The van der Waals surface area contributed by atoms with Gasteiger partial charge in [0.25, 0.3) is 0 Å². The minimum atomic E-state index is 1.10. The van der Waals surface area contributed by atoms with Crippen LogP contribution in [0.4, 0.5) is 11.4 Å². The van der Waals surface area contributed by atoms with Gasteiger partial charge in [-0.05, 0) is 40.1 Å². The number of para-hydroxylation sites is 2. The van der Waals surface area contributed by atoms with Crippen molar-refractivity contribution in [1.29, 1.82) is 0 Å². The molecule has 5 aromatic rings.